The van der Waals surface area contributed by atoms with Gasteiger partial charge in [-0.25, -0.2) is 0 Å². The quantitative estimate of drug-likeness (QED) is 0.411. The number of hydrogen-bond donors (Lipinski definition) is 0. The molecule has 0 aromatic rings. The van der Waals surface area contributed by atoms with E-state index in [2.05, 4.69) is 32.7 Å². The van der Waals surface area contributed by atoms with Crippen molar-refractivity contribution >= 4 is 0 Å². The second-order valence-electron chi connectivity index (χ2n) is 2.57. The summed E-state index contributed by atoms with van der Waals surface area (Å²) in [4.78, 5) is 0. The maximum absolute atomic E-state index is 3.96. The molecule has 0 aliphatic heterocycles. The normalized spacial score (nSPS) is 11.8. The monoisotopic (exact) mass is 136 g/mol. The predicted octanol–water partition coefficient (Wildman–Crippen LogP) is 3.32. The minimum atomic E-state index is 0.442. The van der Waals surface area contributed by atoms with E-state index in [0.29, 0.717) is 5.92 Å². The van der Waals surface area contributed by atoms with Gasteiger partial charge in [0.25, 0.3) is 0 Å². The van der Waals surface area contributed by atoms with Crippen LogP contribution in [-0.4, -0.2) is 0 Å². The third-order valence-corrected chi connectivity index (χ3v) is 1.58. The van der Waals surface area contributed by atoms with E-state index in [1.165, 1.54) is 12.0 Å². The molecule has 0 amide bonds. The van der Waals surface area contributed by atoms with Crippen LogP contribution in [0.1, 0.15) is 26.7 Å². The summed E-state index contributed by atoms with van der Waals surface area (Å²) in [7, 11) is 0. The highest BCUT2D eigenvalue weighted by atomic mass is 14.0. The molecule has 10 heavy (non-hydrogen) atoms. The smallest absolute Gasteiger partial charge is 0.00214 e. The Bertz CT molecular complexity index is 147. The highest BCUT2D eigenvalue weighted by Gasteiger charge is 1.99. The first-order valence-electron chi connectivity index (χ1n) is 3.76. The van der Waals surface area contributed by atoms with E-state index in [9.17, 15) is 0 Å². The Kier molecular flexibility index (Phi) is 4.70. The minimum Gasteiger partial charge on any atom is -0.132 e. The van der Waals surface area contributed by atoms with Gasteiger partial charge in [0.1, 0.15) is 0 Å². The molecule has 0 spiro atoms. The van der Waals surface area contributed by atoms with Gasteiger partial charge in [-0.3, -0.25) is 0 Å². The summed E-state index contributed by atoms with van der Waals surface area (Å²) in [5, 5.41) is 0. The molecule has 0 nitrogen and oxygen atoms in total. The summed E-state index contributed by atoms with van der Waals surface area (Å²) >= 11 is 0. The average Bonchev–Trinajstić information content (AvgIpc) is 1.89. The van der Waals surface area contributed by atoms with Gasteiger partial charge in [0.15, 0.2) is 0 Å². The van der Waals surface area contributed by atoms with Crippen LogP contribution in [0.3, 0.4) is 0 Å². The zero-order valence-corrected chi connectivity index (χ0v) is 6.98. The molecule has 0 fully saturated rings. The Labute approximate surface area is 64.0 Å². The van der Waals surface area contributed by atoms with Crippen LogP contribution in [0.5, 0.6) is 0 Å². The molecule has 0 aliphatic carbocycles. The Hall–Kier alpha value is -0.740. The second kappa shape index (κ2) is 5.08. The van der Waals surface area contributed by atoms with Crippen molar-refractivity contribution in [1.29, 1.82) is 0 Å². The third-order valence-electron chi connectivity index (χ3n) is 1.58. The predicted molar refractivity (Wildman–Crippen MR) is 46.9 cm³/mol. The van der Waals surface area contributed by atoms with E-state index in [1.807, 2.05) is 6.08 Å². The Balaban J connectivity index is 3.81. The maximum atomic E-state index is 3.96. The molecule has 0 N–H and O–H groups in total. The Morgan fingerprint density at radius 3 is 2.70 bits per heavy atom. The molecule has 0 radical (unpaired) electrons. The van der Waals surface area contributed by atoms with E-state index >= 15 is 0 Å². The third kappa shape index (κ3) is 3.32. The molecular weight excluding hydrogens is 120 g/mol. The van der Waals surface area contributed by atoms with Crippen LogP contribution in [0.2, 0.25) is 0 Å². The van der Waals surface area contributed by atoms with Gasteiger partial charge in [0.05, 0.1) is 0 Å². The molecule has 56 valence electrons. The van der Waals surface area contributed by atoms with Crippen molar-refractivity contribution in [2.75, 3.05) is 0 Å². The fourth-order valence-corrected chi connectivity index (χ4v) is 0.843. The Morgan fingerprint density at radius 2 is 2.30 bits per heavy atom. The molecule has 1 unspecified atom stereocenters. The molecule has 0 aromatic heterocycles. The van der Waals surface area contributed by atoms with Crippen molar-refractivity contribution < 1.29 is 0 Å². The number of rotatable bonds is 4. The molecular formula is C10H16. The lowest BCUT2D eigenvalue weighted by Crippen LogP contribution is -1.92. The van der Waals surface area contributed by atoms with Crippen molar-refractivity contribution in [2.45, 2.75) is 26.7 Å². The van der Waals surface area contributed by atoms with Gasteiger partial charge in [-0.05, 0) is 12.5 Å². The molecule has 0 heteroatoms. The van der Waals surface area contributed by atoms with E-state index in [1.54, 1.807) is 0 Å². The molecule has 0 saturated carbocycles. The van der Waals surface area contributed by atoms with Crippen LogP contribution >= 0.6 is 0 Å². The van der Waals surface area contributed by atoms with Crippen molar-refractivity contribution in [3.63, 3.8) is 0 Å². The lowest BCUT2D eigenvalue weighted by Gasteiger charge is -2.06. The van der Waals surface area contributed by atoms with Crippen LogP contribution in [-0.2, 0) is 0 Å². The molecule has 0 bridgehead atoms. The van der Waals surface area contributed by atoms with Crippen molar-refractivity contribution in [1.82, 2.24) is 0 Å². The standard InChI is InChI=1S/C10H16/c1-5-7-9(3)10(4)8-6-2/h7,9H,1,4,6,8H2,2-3H3. The first-order valence-corrected chi connectivity index (χ1v) is 3.76. The number of allylic oxidation sites excluding steroid dienone is 2. The van der Waals surface area contributed by atoms with Crippen LogP contribution < -0.4 is 0 Å². The van der Waals surface area contributed by atoms with Crippen LogP contribution in [0, 0.1) is 5.92 Å². The van der Waals surface area contributed by atoms with Crippen LogP contribution in [0.4, 0.5) is 0 Å². The molecule has 0 rings (SSSR count). The van der Waals surface area contributed by atoms with E-state index < -0.39 is 0 Å². The Morgan fingerprint density at radius 1 is 1.70 bits per heavy atom. The van der Waals surface area contributed by atoms with Gasteiger partial charge in [0.2, 0.25) is 0 Å². The van der Waals surface area contributed by atoms with Gasteiger partial charge >= 0.3 is 0 Å². The first-order chi connectivity index (χ1) is 4.72. The van der Waals surface area contributed by atoms with Crippen molar-refractivity contribution in [3.05, 3.63) is 30.5 Å². The summed E-state index contributed by atoms with van der Waals surface area (Å²) < 4.78 is 0. The molecule has 0 aromatic carbocycles. The van der Waals surface area contributed by atoms with Gasteiger partial charge < -0.3 is 0 Å². The summed E-state index contributed by atoms with van der Waals surface area (Å²) in [6, 6.07) is 0. The SMILES string of the molecule is C=C=CC(C)C(=C)CCC. The van der Waals surface area contributed by atoms with Crippen LogP contribution in [0.25, 0.3) is 0 Å². The van der Waals surface area contributed by atoms with E-state index in [0.717, 1.165) is 6.42 Å². The lowest BCUT2D eigenvalue weighted by atomic mass is 9.99. The van der Waals surface area contributed by atoms with Gasteiger partial charge in [-0.15, -0.1) is 5.73 Å². The van der Waals surface area contributed by atoms with E-state index in [-0.39, 0.29) is 0 Å². The van der Waals surface area contributed by atoms with Gasteiger partial charge in [-0.2, -0.15) is 0 Å². The molecule has 0 aliphatic rings. The van der Waals surface area contributed by atoms with E-state index in [4.69, 9.17) is 0 Å². The zero-order chi connectivity index (χ0) is 7.98. The fraction of sp³-hybridized carbons (Fsp3) is 0.500. The van der Waals surface area contributed by atoms with Crippen LogP contribution in [0.15, 0.2) is 30.5 Å². The van der Waals surface area contributed by atoms with Crippen molar-refractivity contribution in [2.24, 2.45) is 5.92 Å². The fourth-order valence-electron chi connectivity index (χ4n) is 0.843. The molecule has 0 heterocycles. The van der Waals surface area contributed by atoms with Gasteiger partial charge in [0, 0.05) is 5.92 Å². The molecule has 1 atom stereocenters. The van der Waals surface area contributed by atoms with Crippen molar-refractivity contribution in [3.8, 4) is 0 Å². The second-order valence-corrected chi connectivity index (χ2v) is 2.57. The highest BCUT2D eigenvalue weighted by molar-refractivity contribution is 5.06. The number of hydrogen-bond acceptors (Lipinski definition) is 0. The highest BCUT2D eigenvalue weighted by Crippen LogP contribution is 2.14. The zero-order valence-electron chi connectivity index (χ0n) is 6.98. The summed E-state index contributed by atoms with van der Waals surface area (Å²) in [6.45, 7) is 11.8. The molecule has 0 saturated heterocycles. The van der Waals surface area contributed by atoms with Gasteiger partial charge in [-0.1, -0.05) is 39.0 Å². The summed E-state index contributed by atoms with van der Waals surface area (Å²) in [6.07, 6.45) is 4.24. The largest absolute Gasteiger partial charge is 0.132 e. The summed E-state index contributed by atoms with van der Waals surface area (Å²) in [5.74, 6) is 0.442. The summed E-state index contributed by atoms with van der Waals surface area (Å²) in [5.41, 5.74) is 4.05. The average molecular weight is 136 g/mol. The maximum Gasteiger partial charge on any atom is 0.00214 e. The minimum absolute atomic E-state index is 0.442. The topological polar surface area (TPSA) is 0 Å². The first kappa shape index (κ1) is 9.26. The lowest BCUT2D eigenvalue weighted by molar-refractivity contribution is 0.766.